The van der Waals surface area contributed by atoms with Gasteiger partial charge in [-0.3, -0.25) is 4.79 Å². The van der Waals surface area contributed by atoms with E-state index in [4.69, 9.17) is 5.11 Å². The van der Waals surface area contributed by atoms with Gasteiger partial charge in [0, 0.05) is 6.42 Å². The highest BCUT2D eigenvalue weighted by molar-refractivity contribution is 5.67. The molecule has 2 aliphatic rings. The van der Waals surface area contributed by atoms with Crippen molar-refractivity contribution in [1.29, 1.82) is 0 Å². The van der Waals surface area contributed by atoms with Crippen LogP contribution in [0.1, 0.15) is 44.9 Å². The Morgan fingerprint density at radius 3 is 2.54 bits per heavy atom. The second-order valence-electron chi connectivity index (χ2n) is 4.64. The summed E-state index contributed by atoms with van der Waals surface area (Å²) < 4.78 is 0. The van der Waals surface area contributed by atoms with E-state index in [2.05, 4.69) is 0 Å². The van der Waals surface area contributed by atoms with Gasteiger partial charge in [-0.1, -0.05) is 25.7 Å². The summed E-state index contributed by atoms with van der Waals surface area (Å²) in [6.07, 6.45) is 8.20. The van der Waals surface area contributed by atoms with Crippen LogP contribution in [0.25, 0.3) is 0 Å². The first-order valence-electron chi connectivity index (χ1n) is 5.49. The lowest BCUT2D eigenvalue weighted by Crippen LogP contribution is -2.26. The summed E-state index contributed by atoms with van der Waals surface area (Å²) in [5.74, 6) is 1.53. The predicted octanol–water partition coefficient (Wildman–Crippen LogP) is 2.68. The zero-order valence-electron chi connectivity index (χ0n) is 8.04. The Morgan fingerprint density at radius 1 is 1.15 bits per heavy atom. The summed E-state index contributed by atoms with van der Waals surface area (Å²) in [5, 5.41) is 8.79. The van der Waals surface area contributed by atoms with Gasteiger partial charge in [0.25, 0.3) is 0 Å². The third kappa shape index (κ3) is 1.87. The van der Waals surface area contributed by atoms with E-state index in [1.807, 2.05) is 0 Å². The van der Waals surface area contributed by atoms with E-state index >= 15 is 0 Å². The van der Waals surface area contributed by atoms with E-state index in [9.17, 15) is 4.79 Å². The van der Waals surface area contributed by atoms with Gasteiger partial charge >= 0.3 is 5.97 Å². The van der Waals surface area contributed by atoms with E-state index < -0.39 is 5.97 Å². The molecule has 0 aliphatic heterocycles. The Labute approximate surface area is 79.3 Å². The first-order valence-corrected chi connectivity index (χ1v) is 5.49. The minimum atomic E-state index is -0.599. The SMILES string of the molecule is O=C(O)CC1CCCC2CCCC21. The van der Waals surface area contributed by atoms with Crippen molar-refractivity contribution in [3.05, 3.63) is 0 Å². The van der Waals surface area contributed by atoms with Crippen LogP contribution in [0.3, 0.4) is 0 Å². The van der Waals surface area contributed by atoms with Gasteiger partial charge in [-0.2, -0.15) is 0 Å². The van der Waals surface area contributed by atoms with Crippen LogP contribution < -0.4 is 0 Å². The Morgan fingerprint density at radius 2 is 1.85 bits per heavy atom. The second-order valence-corrected chi connectivity index (χ2v) is 4.64. The number of carboxylic acid groups (broad SMARTS) is 1. The van der Waals surface area contributed by atoms with E-state index in [0.29, 0.717) is 12.3 Å². The topological polar surface area (TPSA) is 37.3 Å². The monoisotopic (exact) mass is 182 g/mol. The van der Waals surface area contributed by atoms with Gasteiger partial charge in [0.2, 0.25) is 0 Å². The zero-order chi connectivity index (χ0) is 9.26. The van der Waals surface area contributed by atoms with Gasteiger partial charge in [0.1, 0.15) is 0 Å². The molecule has 0 spiro atoms. The average Bonchev–Trinajstić information content (AvgIpc) is 2.51. The number of hydrogen-bond acceptors (Lipinski definition) is 1. The summed E-state index contributed by atoms with van der Waals surface area (Å²) in [7, 11) is 0. The van der Waals surface area contributed by atoms with Crippen molar-refractivity contribution >= 4 is 5.97 Å². The van der Waals surface area contributed by atoms with Crippen molar-refractivity contribution < 1.29 is 9.90 Å². The summed E-state index contributed by atoms with van der Waals surface area (Å²) >= 11 is 0. The van der Waals surface area contributed by atoms with E-state index in [1.165, 1.54) is 32.1 Å². The molecule has 2 saturated carbocycles. The molecule has 0 bridgehead atoms. The van der Waals surface area contributed by atoms with Crippen LogP contribution in [0.4, 0.5) is 0 Å². The molecule has 2 fully saturated rings. The number of fused-ring (bicyclic) bond motifs is 1. The summed E-state index contributed by atoms with van der Waals surface area (Å²) in [4.78, 5) is 10.7. The van der Waals surface area contributed by atoms with Gasteiger partial charge in [0.05, 0.1) is 0 Å². The molecule has 0 amide bonds. The molecule has 74 valence electrons. The lowest BCUT2D eigenvalue weighted by Gasteiger charge is -2.32. The maximum absolute atomic E-state index is 10.7. The van der Waals surface area contributed by atoms with Crippen LogP contribution in [-0.4, -0.2) is 11.1 Å². The fourth-order valence-corrected chi connectivity index (χ4v) is 3.38. The molecular formula is C11H18O2. The number of aliphatic carboxylic acids is 1. The fraction of sp³-hybridized carbons (Fsp3) is 0.909. The van der Waals surface area contributed by atoms with Gasteiger partial charge < -0.3 is 5.11 Å². The molecule has 3 unspecified atom stereocenters. The van der Waals surface area contributed by atoms with Gasteiger partial charge in [-0.15, -0.1) is 0 Å². The minimum Gasteiger partial charge on any atom is -0.481 e. The average molecular weight is 182 g/mol. The Balaban J connectivity index is 1.97. The van der Waals surface area contributed by atoms with Crippen LogP contribution in [0.5, 0.6) is 0 Å². The molecule has 2 rings (SSSR count). The number of carbonyl (C=O) groups is 1. The minimum absolute atomic E-state index is 0.418. The second kappa shape index (κ2) is 3.69. The Hall–Kier alpha value is -0.530. The van der Waals surface area contributed by atoms with Crippen LogP contribution in [0.2, 0.25) is 0 Å². The molecule has 2 nitrogen and oxygen atoms in total. The Kier molecular flexibility index (Phi) is 2.56. The molecule has 0 heterocycles. The fourth-order valence-electron chi connectivity index (χ4n) is 3.38. The number of rotatable bonds is 2. The Bertz CT molecular complexity index is 200. The number of hydrogen-bond donors (Lipinski definition) is 1. The van der Waals surface area contributed by atoms with Crippen molar-refractivity contribution in [2.24, 2.45) is 17.8 Å². The molecule has 0 aromatic rings. The van der Waals surface area contributed by atoms with Crippen molar-refractivity contribution in [1.82, 2.24) is 0 Å². The molecule has 1 N–H and O–H groups in total. The summed E-state index contributed by atoms with van der Waals surface area (Å²) in [6.45, 7) is 0. The van der Waals surface area contributed by atoms with Gasteiger partial charge in [0.15, 0.2) is 0 Å². The normalized spacial score (nSPS) is 38.6. The molecule has 2 heteroatoms. The van der Waals surface area contributed by atoms with E-state index in [-0.39, 0.29) is 0 Å². The van der Waals surface area contributed by atoms with Gasteiger partial charge in [-0.25, -0.2) is 0 Å². The van der Waals surface area contributed by atoms with Crippen molar-refractivity contribution in [3.63, 3.8) is 0 Å². The maximum atomic E-state index is 10.7. The number of carboxylic acids is 1. The molecule has 2 aliphatic carbocycles. The van der Waals surface area contributed by atoms with E-state index in [1.54, 1.807) is 0 Å². The van der Waals surface area contributed by atoms with Crippen LogP contribution in [0, 0.1) is 17.8 Å². The predicted molar refractivity (Wildman–Crippen MR) is 50.4 cm³/mol. The smallest absolute Gasteiger partial charge is 0.303 e. The highest BCUT2D eigenvalue weighted by Crippen LogP contribution is 2.46. The largest absolute Gasteiger partial charge is 0.481 e. The van der Waals surface area contributed by atoms with Crippen LogP contribution in [0.15, 0.2) is 0 Å². The molecule has 0 aromatic carbocycles. The third-order valence-electron chi connectivity index (χ3n) is 3.91. The van der Waals surface area contributed by atoms with Crippen molar-refractivity contribution in [3.8, 4) is 0 Å². The molecule has 0 radical (unpaired) electrons. The molecule has 0 saturated heterocycles. The van der Waals surface area contributed by atoms with Crippen LogP contribution >= 0.6 is 0 Å². The first kappa shape index (κ1) is 9.04. The summed E-state index contributed by atoms with van der Waals surface area (Å²) in [6, 6.07) is 0. The molecular weight excluding hydrogens is 164 g/mol. The maximum Gasteiger partial charge on any atom is 0.303 e. The van der Waals surface area contributed by atoms with Crippen LogP contribution in [-0.2, 0) is 4.79 Å². The highest BCUT2D eigenvalue weighted by atomic mass is 16.4. The van der Waals surface area contributed by atoms with Crippen molar-refractivity contribution in [2.45, 2.75) is 44.9 Å². The standard InChI is InChI=1S/C11H18O2/c12-11(13)7-9-5-1-3-8-4-2-6-10(8)9/h8-10H,1-7H2,(H,12,13). The van der Waals surface area contributed by atoms with Crippen molar-refractivity contribution in [2.75, 3.05) is 0 Å². The molecule has 13 heavy (non-hydrogen) atoms. The van der Waals surface area contributed by atoms with E-state index in [0.717, 1.165) is 18.3 Å². The quantitative estimate of drug-likeness (QED) is 0.713. The first-order chi connectivity index (χ1) is 6.27. The lowest BCUT2D eigenvalue weighted by atomic mass is 9.72. The third-order valence-corrected chi connectivity index (χ3v) is 3.91. The molecule has 3 atom stereocenters. The zero-order valence-corrected chi connectivity index (χ0v) is 8.04. The lowest BCUT2D eigenvalue weighted by molar-refractivity contribution is -0.139. The molecule has 0 aromatic heterocycles. The highest BCUT2D eigenvalue weighted by Gasteiger charge is 2.36. The summed E-state index contributed by atoms with van der Waals surface area (Å²) in [5.41, 5.74) is 0. The van der Waals surface area contributed by atoms with Gasteiger partial charge in [-0.05, 0) is 30.6 Å².